The number of aromatic nitrogens is 2. The predicted octanol–water partition coefficient (Wildman–Crippen LogP) is 4.26. The SMILES string of the molecule is CS(=O)(=O)O.C[C@H](CNCCNC[C@@H](C)N1C(=O)c2cc([N+](=O)[O-])cc3c2c(cc2cccnc23)C1=O)N1C(=O)c2cc([N+](=O)[O-])cc3c2c(cc2cccnc23)C1=O. The highest BCUT2D eigenvalue weighted by molar-refractivity contribution is 7.85. The topological polar surface area (TPSA) is 265 Å². The van der Waals surface area contributed by atoms with E-state index in [4.69, 9.17) is 4.55 Å². The fraction of sp³-hybridized carbons (Fsp3) is 0.231. The van der Waals surface area contributed by atoms with Crippen molar-refractivity contribution in [3.8, 4) is 0 Å². The van der Waals surface area contributed by atoms with Crippen LogP contribution in [-0.4, -0.2) is 111 Å². The number of imide groups is 2. The van der Waals surface area contributed by atoms with E-state index in [1.54, 1.807) is 62.6 Å². The number of rotatable bonds is 11. The summed E-state index contributed by atoms with van der Waals surface area (Å²) in [6.07, 6.45) is 3.81. The van der Waals surface area contributed by atoms with Gasteiger partial charge in [-0.3, -0.25) is 63.7 Å². The fourth-order valence-corrected chi connectivity index (χ4v) is 7.55. The van der Waals surface area contributed by atoms with E-state index in [0.29, 0.717) is 62.7 Å². The number of fused-ring (bicyclic) bond motifs is 4. The minimum atomic E-state index is -3.67. The number of nitro benzene ring substituents is 2. The van der Waals surface area contributed by atoms with Crippen LogP contribution < -0.4 is 10.6 Å². The zero-order valence-electron chi connectivity index (χ0n) is 31.5. The lowest BCUT2D eigenvalue weighted by Crippen LogP contribution is -2.51. The number of hydrogen-bond donors (Lipinski definition) is 3. The Morgan fingerprint density at radius 3 is 1.34 bits per heavy atom. The van der Waals surface area contributed by atoms with Crippen LogP contribution in [0.5, 0.6) is 0 Å². The number of nitro groups is 2. The number of nitrogens with one attached hydrogen (secondary N) is 2. The van der Waals surface area contributed by atoms with Gasteiger partial charge in [-0.25, -0.2) is 0 Å². The van der Waals surface area contributed by atoms with Gasteiger partial charge in [0.2, 0.25) is 0 Å². The second kappa shape index (κ2) is 15.5. The number of pyridine rings is 2. The molecule has 0 fully saturated rings. The second-order valence-corrected chi connectivity index (χ2v) is 15.6. The first-order valence-electron chi connectivity index (χ1n) is 18.1. The van der Waals surface area contributed by atoms with Crippen LogP contribution in [0.4, 0.5) is 11.4 Å². The first-order valence-corrected chi connectivity index (χ1v) is 19.9. The van der Waals surface area contributed by atoms with Crippen molar-refractivity contribution >= 4 is 88.5 Å². The zero-order valence-corrected chi connectivity index (χ0v) is 32.3. The number of benzene rings is 4. The molecular weight excluding hydrogens is 789 g/mol. The van der Waals surface area contributed by atoms with Gasteiger partial charge in [0.15, 0.2) is 0 Å². The summed E-state index contributed by atoms with van der Waals surface area (Å²) >= 11 is 0. The summed E-state index contributed by atoms with van der Waals surface area (Å²) in [7, 11) is -3.67. The fourth-order valence-electron chi connectivity index (χ4n) is 7.55. The molecule has 0 bridgehead atoms. The lowest BCUT2D eigenvalue weighted by Gasteiger charge is -2.32. The van der Waals surface area contributed by atoms with Crippen LogP contribution in [0, 0.1) is 20.2 Å². The zero-order chi connectivity index (χ0) is 42.5. The standard InChI is InChI=1S/C38H30N8O8.CH4O3S/c1-19(43-35(47)27-11-21-5-3-7-41-33(21)25-13-23(45(51)52)15-29(31(25)27)37(43)49)17-39-9-10-40-18-20(2)44-36(48)28-12-22-6-4-8-42-34(22)26-14-24(46(53)54)16-30(32(26)28)38(44)50;1-5(2,3)4/h3-8,11-16,19-20,39-40H,9-10,17-18H2,1-2H3;1H3,(H,2,3,4)/t19-,20-;/m1./s1. The van der Waals surface area contributed by atoms with Crippen molar-refractivity contribution in [2.75, 3.05) is 32.4 Å². The second-order valence-electron chi connectivity index (χ2n) is 14.1. The van der Waals surface area contributed by atoms with Gasteiger partial charge >= 0.3 is 0 Å². The van der Waals surface area contributed by atoms with Crippen molar-refractivity contribution in [2.24, 2.45) is 0 Å². The molecule has 4 aromatic carbocycles. The molecule has 4 heterocycles. The summed E-state index contributed by atoms with van der Waals surface area (Å²) in [5.41, 5.74) is 0.993. The molecule has 6 aromatic rings. The minimum Gasteiger partial charge on any atom is -0.313 e. The first-order chi connectivity index (χ1) is 28.0. The molecule has 19 nitrogen and oxygen atoms in total. The molecule has 2 atom stereocenters. The number of carbonyl (C=O) groups is 4. The van der Waals surface area contributed by atoms with E-state index in [-0.39, 0.29) is 46.7 Å². The van der Waals surface area contributed by atoms with E-state index in [9.17, 15) is 47.8 Å². The van der Waals surface area contributed by atoms with Crippen molar-refractivity contribution in [3.63, 3.8) is 0 Å². The Morgan fingerprint density at radius 2 is 1.00 bits per heavy atom. The van der Waals surface area contributed by atoms with Crippen molar-refractivity contribution in [1.82, 2.24) is 30.4 Å². The molecule has 59 heavy (non-hydrogen) atoms. The molecule has 302 valence electrons. The highest BCUT2D eigenvalue weighted by Crippen LogP contribution is 2.39. The Morgan fingerprint density at radius 1 is 0.661 bits per heavy atom. The summed E-state index contributed by atoms with van der Waals surface area (Å²) in [4.78, 5) is 88.5. The maximum absolute atomic E-state index is 13.8. The summed E-state index contributed by atoms with van der Waals surface area (Å²) in [5, 5.41) is 32.7. The normalized spacial score (nSPS) is 14.8. The van der Waals surface area contributed by atoms with Gasteiger partial charge in [-0.15, -0.1) is 0 Å². The molecular formula is C39H34N8O11S. The Hall–Kier alpha value is -6.87. The molecule has 0 unspecified atom stereocenters. The number of nitrogens with zero attached hydrogens (tertiary/aromatic N) is 6. The third-order valence-corrected chi connectivity index (χ3v) is 10.0. The Balaban J connectivity index is 0.000000997. The molecule has 2 aliphatic rings. The third-order valence-electron chi connectivity index (χ3n) is 10.0. The van der Waals surface area contributed by atoms with Gasteiger partial charge in [-0.1, -0.05) is 12.1 Å². The van der Waals surface area contributed by atoms with Crippen LogP contribution >= 0.6 is 0 Å². The third kappa shape index (κ3) is 7.52. The van der Waals surface area contributed by atoms with Crippen molar-refractivity contribution in [2.45, 2.75) is 25.9 Å². The van der Waals surface area contributed by atoms with Gasteiger partial charge in [0, 0.05) is 118 Å². The van der Waals surface area contributed by atoms with Crippen LogP contribution in [0.25, 0.3) is 43.4 Å². The Bertz CT molecular complexity index is 2750. The maximum atomic E-state index is 13.8. The molecule has 20 heteroatoms. The lowest BCUT2D eigenvalue weighted by atomic mass is 9.90. The van der Waals surface area contributed by atoms with Crippen LogP contribution in [-0.2, 0) is 10.1 Å². The largest absolute Gasteiger partial charge is 0.313 e. The number of carbonyl (C=O) groups excluding carboxylic acids is 4. The predicted molar refractivity (Wildman–Crippen MR) is 215 cm³/mol. The van der Waals surface area contributed by atoms with Gasteiger partial charge in [0.05, 0.1) is 38.3 Å². The van der Waals surface area contributed by atoms with E-state index in [0.717, 1.165) is 9.80 Å². The van der Waals surface area contributed by atoms with Crippen molar-refractivity contribution in [3.05, 3.63) is 116 Å². The molecule has 0 spiro atoms. The summed E-state index contributed by atoms with van der Waals surface area (Å²) in [6.45, 7) is 4.60. The average molecular weight is 823 g/mol. The smallest absolute Gasteiger partial charge is 0.270 e. The van der Waals surface area contributed by atoms with E-state index in [1.807, 2.05) is 0 Å². The van der Waals surface area contributed by atoms with Crippen molar-refractivity contribution in [1.29, 1.82) is 0 Å². The van der Waals surface area contributed by atoms with E-state index >= 15 is 0 Å². The summed E-state index contributed by atoms with van der Waals surface area (Å²) < 4.78 is 25.9. The Kier molecular flexibility index (Phi) is 10.6. The Labute approximate surface area is 334 Å². The summed E-state index contributed by atoms with van der Waals surface area (Å²) in [5.74, 6) is -2.30. The molecule has 0 radical (unpaired) electrons. The van der Waals surface area contributed by atoms with Gasteiger partial charge in [-0.05, 0) is 38.1 Å². The van der Waals surface area contributed by atoms with E-state index < -0.39 is 55.7 Å². The average Bonchev–Trinajstić information content (AvgIpc) is 3.19. The number of amides is 4. The minimum absolute atomic E-state index is 0.0592. The molecule has 4 amide bonds. The highest BCUT2D eigenvalue weighted by Gasteiger charge is 2.39. The van der Waals surface area contributed by atoms with Crippen LogP contribution in [0.15, 0.2) is 73.1 Å². The molecule has 0 saturated heterocycles. The quantitative estimate of drug-likeness (QED) is 0.0412. The first kappa shape index (κ1) is 40.3. The van der Waals surface area contributed by atoms with Gasteiger partial charge in [0.25, 0.3) is 45.1 Å². The van der Waals surface area contributed by atoms with Crippen LogP contribution in [0.3, 0.4) is 0 Å². The van der Waals surface area contributed by atoms with Crippen molar-refractivity contribution < 1.29 is 42.0 Å². The van der Waals surface area contributed by atoms with E-state index in [2.05, 4.69) is 20.6 Å². The lowest BCUT2D eigenvalue weighted by molar-refractivity contribution is -0.384. The molecule has 2 aromatic heterocycles. The number of hydrogen-bond acceptors (Lipinski definition) is 14. The van der Waals surface area contributed by atoms with Crippen LogP contribution in [0.2, 0.25) is 0 Å². The summed E-state index contributed by atoms with van der Waals surface area (Å²) in [6, 6.07) is 14.1. The monoisotopic (exact) mass is 822 g/mol. The van der Waals surface area contributed by atoms with Crippen LogP contribution in [0.1, 0.15) is 55.3 Å². The van der Waals surface area contributed by atoms with Gasteiger partial charge in [-0.2, -0.15) is 8.42 Å². The molecule has 0 aliphatic carbocycles. The molecule has 2 aliphatic heterocycles. The highest BCUT2D eigenvalue weighted by atomic mass is 32.2. The number of non-ortho nitro benzene ring substituents is 2. The maximum Gasteiger partial charge on any atom is 0.270 e. The van der Waals surface area contributed by atoms with E-state index in [1.165, 1.54) is 24.3 Å². The molecule has 8 rings (SSSR count). The van der Waals surface area contributed by atoms with Gasteiger partial charge < -0.3 is 10.6 Å². The van der Waals surface area contributed by atoms with Gasteiger partial charge in [0.1, 0.15) is 0 Å². The molecule has 3 N–H and O–H groups in total. The molecule has 0 saturated carbocycles.